The molecule has 84 valence electrons. The lowest BCUT2D eigenvalue weighted by Gasteiger charge is -2.31. The summed E-state index contributed by atoms with van der Waals surface area (Å²) in [4.78, 5) is 25.4. The van der Waals surface area contributed by atoms with E-state index in [0.717, 1.165) is 19.3 Å². The van der Waals surface area contributed by atoms with Crippen molar-refractivity contribution >= 4 is 11.7 Å². The molecule has 2 aliphatic rings. The molecule has 0 bridgehead atoms. The molecular formula is C11H17NO3. The second kappa shape index (κ2) is 4.75. The molecule has 0 aromatic carbocycles. The molecule has 1 saturated heterocycles. The van der Waals surface area contributed by atoms with Crippen LogP contribution in [0.5, 0.6) is 0 Å². The zero-order valence-corrected chi connectivity index (χ0v) is 8.91. The van der Waals surface area contributed by atoms with Crippen LogP contribution in [0.25, 0.3) is 0 Å². The van der Waals surface area contributed by atoms with E-state index in [9.17, 15) is 9.59 Å². The SMILES string of the molecule is O=C1CCCCC1C(=O)N1CCOCC1. The van der Waals surface area contributed by atoms with Gasteiger partial charge in [0.05, 0.1) is 19.1 Å². The Bertz CT molecular complexity index is 259. The van der Waals surface area contributed by atoms with Gasteiger partial charge in [-0.25, -0.2) is 0 Å². The van der Waals surface area contributed by atoms with E-state index < -0.39 is 0 Å². The van der Waals surface area contributed by atoms with Crippen molar-refractivity contribution in [2.24, 2.45) is 5.92 Å². The Labute approximate surface area is 89.6 Å². The summed E-state index contributed by atoms with van der Waals surface area (Å²) in [5, 5.41) is 0. The van der Waals surface area contributed by atoms with E-state index in [4.69, 9.17) is 4.74 Å². The largest absolute Gasteiger partial charge is 0.378 e. The molecule has 1 aliphatic carbocycles. The van der Waals surface area contributed by atoms with Gasteiger partial charge in [-0.15, -0.1) is 0 Å². The Balaban J connectivity index is 1.95. The predicted octanol–water partition coefficient (Wildman–Crippen LogP) is 0.605. The van der Waals surface area contributed by atoms with E-state index in [2.05, 4.69) is 0 Å². The fourth-order valence-corrected chi connectivity index (χ4v) is 2.25. The number of ketones is 1. The molecule has 15 heavy (non-hydrogen) atoms. The van der Waals surface area contributed by atoms with Gasteiger partial charge in [-0.2, -0.15) is 0 Å². The Morgan fingerprint density at radius 1 is 1.27 bits per heavy atom. The molecule has 1 heterocycles. The summed E-state index contributed by atoms with van der Waals surface area (Å²) in [6.07, 6.45) is 3.29. The highest BCUT2D eigenvalue weighted by molar-refractivity contribution is 6.01. The van der Waals surface area contributed by atoms with Crippen molar-refractivity contribution in [3.63, 3.8) is 0 Å². The van der Waals surface area contributed by atoms with Crippen LogP contribution in [-0.2, 0) is 14.3 Å². The maximum absolute atomic E-state index is 12.0. The van der Waals surface area contributed by atoms with Gasteiger partial charge in [0, 0.05) is 19.5 Å². The van der Waals surface area contributed by atoms with Crippen molar-refractivity contribution in [1.82, 2.24) is 4.90 Å². The lowest BCUT2D eigenvalue weighted by atomic mass is 9.87. The van der Waals surface area contributed by atoms with Crippen molar-refractivity contribution in [2.45, 2.75) is 25.7 Å². The molecular weight excluding hydrogens is 194 g/mol. The molecule has 1 amide bonds. The van der Waals surface area contributed by atoms with Gasteiger partial charge in [0.25, 0.3) is 0 Å². The molecule has 1 aliphatic heterocycles. The highest BCUT2D eigenvalue weighted by Crippen LogP contribution is 2.22. The van der Waals surface area contributed by atoms with Gasteiger partial charge < -0.3 is 9.64 Å². The number of carbonyl (C=O) groups excluding carboxylic acids is 2. The van der Waals surface area contributed by atoms with Crippen LogP contribution in [-0.4, -0.2) is 42.9 Å². The van der Waals surface area contributed by atoms with Crippen molar-refractivity contribution in [3.05, 3.63) is 0 Å². The third-order valence-corrected chi connectivity index (χ3v) is 3.18. The molecule has 0 aromatic heterocycles. The second-order valence-electron chi connectivity index (χ2n) is 4.20. The number of ether oxygens (including phenoxy) is 1. The first-order valence-corrected chi connectivity index (χ1v) is 5.68. The zero-order valence-electron chi connectivity index (χ0n) is 8.91. The quantitative estimate of drug-likeness (QED) is 0.597. The molecule has 4 nitrogen and oxygen atoms in total. The van der Waals surface area contributed by atoms with Crippen LogP contribution >= 0.6 is 0 Å². The Hall–Kier alpha value is -0.900. The number of Topliss-reactive ketones (excluding diaryl/α,β-unsaturated/α-hetero) is 1. The Morgan fingerprint density at radius 2 is 2.00 bits per heavy atom. The number of hydrogen-bond acceptors (Lipinski definition) is 3. The van der Waals surface area contributed by atoms with Crippen LogP contribution in [0.15, 0.2) is 0 Å². The van der Waals surface area contributed by atoms with E-state index in [1.54, 1.807) is 4.90 Å². The predicted molar refractivity (Wildman–Crippen MR) is 54.4 cm³/mol. The van der Waals surface area contributed by atoms with Gasteiger partial charge in [0.15, 0.2) is 0 Å². The minimum Gasteiger partial charge on any atom is -0.378 e. The van der Waals surface area contributed by atoms with Gasteiger partial charge in [0.2, 0.25) is 5.91 Å². The van der Waals surface area contributed by atoms with Crippen LogP contribution in [0.4, 0.5) is 0 Å². The first-order valence-electron chi connectivity index (χ1n) is 5.68. The van der Waals surface area contributed by atoms with Crippen molar-refractivity contribution in [2.75, 3.05) is 26.3 Å². The topological polar surface area (TPSA) is 46.6 Å². The highest BCUT2D eigenvalue weighted by Gasteiger charge is 2.32. The number of rotatable bonds is 1. The molecule has 2 rings (SSSR count). The molecule has 0 spiro atoms. The summed E-state index contributed by atoms with van der Waals surface area (Å²) < 4.78 is 5.19. The number of carbonyl (C=O) groups is 2. The maximum atomic E-state index is 12.0. The van der Waals surface area contributed by atoms with Crippen molar-refractivity contribution in [3.8, 4) is 0 Å². The molecule has 0 N–H and O–H groups in total. The van der Waals surface area contributed by atoms with E-state index in [1.807, 2.05) is 0 Å². The van der Waals surface area contributed by atoms with E-state index in [1.165, 1.54) is 0 Å². The van der Waals surface area contributed by atoms with Crippen LogP contribution < -0.4 is 0 Å². The van der Waals surface area contributed by atoms with E-state index in [-0.39, 0.29) is 17.6 Å². The summed E-state index contributed by atoms with van der Waals surface area (Å²) in [6, 6.07) is 0. The van der Waals surface area contributed by atoms with Crippen LogP contribution in [0, 0.1) is 5.92 Å². The summed E-state index contributed by atoms with van der Waals surface area (Å²) >= 11 is 0. The molecule has 1 saturated carbocycles. The number of amides is 1. The Morgan fingerprint density at radius 3 is 2.67 bits per heavy atom. The number of nitrogens with zero attached hydrogens (tertiary/aromatic N) is 1. The lowest BCUT2D eigenvalue weighted by Crippen LogP contribution is -2.46. The maximum Gasteiger partial charge on any atom is 0.233 e. The number of hydrogen-bond donors (Lipinski definition) is 0. The second-order valence-corrected chi connectivity index (χ2v) is 4.20. The molecule has 2 fully saturated rings. The first-order chi connectivity index (χ1) is 7.29. The summed E-state index contributed by atoms with van der Waals surface area (Å²) in [5.74, 6) is -0.183. The minimum atomic E-state index is -0.350. The zero-order chi connectivity index (χ0) is 10.7. The third-order valence-electron chi connectivity index (χ3n) is 3.18. The first kappa shape index (κ1) is 10.6. The van der Waals surface area contributed by atoms with Crippen LogP contribution in [0.3, 0.4) is 0 Å². The van der Waals surface area contributed by atoms with Gasteiger partial charge in [-0.3, -0.25) is 9.59 Å². The van der Waals surface area contributed by atoms with Crippen LogP contribution in [0.2, 0.25) is 0 Å². The average molecular weight is 211 g/mol. The smallest absolute Gasteiger partial charge is 0.233 e. The fourth-order valence-electron chi connectivity index (χ4n) is 2.25. The van der Waals surface area contributed by atoms with Crippen molar-refractivity contribution < 1.29 is 14.3 Å². The molecule has 4 heteroatoms. The third kappa shape index (κ3) is 2.37. The minimum absolute atomic E-state index is 0.0306. The van der Waals surface area contributed by atoms with Gasteiger partial charge in [-0.1, -0.05) is 6.42 Å². The van der Waals surface area contributed by atoms with Crippen molar-refractivity contribution in [1.29, 1.82) is 0 Å². The highest BCUT2D eigenvalue weighted by atomic mass is 16.5. The average Bonchev–Trinajstić information content (AvgIpc) is 2.30. The summed E-state index contributed by atoms with van der Waals surface area (Å²) in [7, 11) is 0. The standard InChI is InChI=1S/C11H17NO3/c13-10-4-2-1-3-9(10)11(14)12-5-7-15-8-6-12/h9H,1-8H2. The molecule has 1 atom stereocenters. The van der Waals surface area contributed by atoms with Gasteiger partial charge >= 0.3 is 0 Å². The molecule has 0 radical (unpaired) electrons. The normalized spacial score (nSPS) is 27.9. The van der Waals surface area contributed by atoms with E-state index in [0.29, 0.717) is 32.7 Å². The summed E-state index contributed by atoms with van der Waals surface area (Å²) in [6.45, 7) is 2.49. The lowest BCUT2D eigenvalue weighted by molar-refractivity contribution is -0.145. The van der Waals surface area contributed by atoms with Gasteiger partial charge in [-0.05, 0) is 12.8 Å². The van der Waals surface area contributed by atoms with Crippen LogP contribution in [0.1, 0.15) is 25.7 Å². The van der Waals surface area contributed by atoms with Gasteiger partial charge in [0.1, 0.15) is 5.78 Å². The number of morpholine rings is 1. The monoisotopic (exact) mass is 211 g/mol. The summed E-state index contributed by atoms with van der Waals surface area (Å²) in [5.41, 5.74) is 0. The van der Waals surface area contributed by atoms with E-state index >= 15 is 0 Å². The Kier molecular flexibility index (Phi) is 3.36. The molecule has 0 aromatic rings. The fraction of sp³-hybridized carbons (Fsp3) is 0.818. The molecule has 1 unspecified atom stereocenters.